The number of carboxylic acid groups (broad SMARTS) is 1. The van der Waals surface area contributed by atoms with Gasteiger partial charge in [0.25, 0.3) is 0 Å². The number of fused-ring (bicyclic) bond motifs is 2. The van der Waals surface area contributed by atoms with Crippen molar-refractivity contribution < 1.29 is 19.4 Å². The van der Waals surface area contributed by atoms with E-state index in [4.69, 9.17) is 9.84 Å². The van der Waals surface area contributed by atoms with Crippen molar-refractivity contribution in [3.05, 3.63) is 59.7 Å². The molecular weight excluding hydrogens is 352 g/mol. The van der Waals surface area contributed by atoms with Gasteiger partial charge in [0.05, 0.1) is 12.2 Å². The predicted octanol–water partition coefficient (Wildman–Crippen LogP) is 4.66. The van der Waals surface area contributed by atoms with Gasteiger partial charge in [-0.3, -0.25) is 9.59 Å². The van der Waals surface area contributed by atoms with Crippen LogP contribution in [0.3, 0.4) is 0 Å². The zero-order valence-electron chi connectivity index (χ0n) is 16.5. The lowest BCUT2D eigenvalue weighted by Gasteiger charge is -2.24. The van der Waals surface area contributed by atoms with Crippen LogP contribution in [0.2, 0.25) is 0 Å². The summed E-state index contributed by atoms with van der Waals surface area (Å²) in [6.45, 7) is 2.04. The monoisotopic (exact) mass is 382 g/mol. The number of allylic oxidation sites excluding steroid dienone is 3. The Morgan fingerprint density at radius 2 is 1.89 bits per heavy atom. The number of benzene rings is 1. The largest absolute Gasteiger partial charge is 0.481 e. The first-order valence-electron chi connectivity index (χ1n) is 10.3. The van der Waals surface area contributed by atoms with E-state index in [2.05, 4.69) is 18.2 Å². The summed E-state index contributed by atoms with van der Waals surface area (Å²) in [5.41, 5.74) is 2.25. The van der Waals surface area contributed by atoms with Crippen LogP contribution in [-0.2, 0) is 20.7 Å². The third-order valence-electron chi connectivity index (χ3n) is 5.83. The van der Waals surface area contributed by atoms with Crippen LogP contribution in [0.5, 0.6) is 0 Å². The van der Waals surface area contributed by atoms with E-state index in [1.807, 2.05) is 31.2 Å². The number of ketones is 1. The van der Waals surface area contributed by atoms with Crippen molar-refractivity contribution >= 4 is 11.8 Å². The maximum atomic E-state index is 12.4. The molecule has 4 atom stereocenters. The second kappa shape index (κ2) is 9.83. The molecule has 2 aliphatic heterocycles. The summed E-state index contributed by atoms with van der Waals surface area (Å²) in [5.74, 6) is 0.104. The van der Waals surface area contributed by atoms with Crippen LogP contribution in [0.25, 0.3) is 0 Å². The van der Waals surface area contributed by atoms with E-state index in [9.17, 15) is 9.59 Å². The van der Waals surface area contributed by atoms with Crippen molar-refractivity contribution in [1.82, 2.24) is 0 Å². The van der Waals surface area contributed by atoms with Gasteiger partial charge in [0.15, 0.2) is 5.78 Å². The van der Waals surface area contributed by atoms with Crippen LogP contribution < -0.4 is 0 Å². The molecule has 1 aromatic carbocycles. The smallest absolute Gasteiger partial charge is 0.303 e. The maximum absolute atomic E-state index is 12.4. The third-order valence-corrected chi connectivity index (χ3v) is 5.83. The highest BCUT2D eigenvalue weighted by molar-refractivity contribution is 5.91. The van der Waals surface area contributed by atoms with E-state index in [0.29, 0.717) is 24.7 Å². The fourth-order valence-electron chi connectivity index (χ4n) is 4.31. The summed E-state index contributed by atoms with van der Waals surface area (Å²) in [4.78, 5) is 22.9. The van der Waals surface area contributed by atoms with Crippen LogP contribution in [0.4, 0.5) is 0 Å². The number of rotatable bonds is 10. The van der Waals surface area contributed by atoms with Crippen LogP contribution in [0, 0.1) is 18.8 Å². The standard InChI is InChI=1S/C24H30O4/c1-17-8-10-18(11-9-17)16-19(25)12-13-21-20(22-14-15-23(21)28-22)6-4-2-3-5-7-24(26)27/h2,4,8-13,20-23H,3,5-7,14-16H2,1H3,(H,26,27)/b4-2-,13-12+/t20-,21-,22-,23+/m1/s1. The molecule has 0 amide bonds. The van der Waals surface area contributed by atoms with E-state index in [0.717, 1.165) is 31.2 Å². The van der Waals surface area contributed by atoms with Crippen molar-refractivity contribution in [2.75, 3.05) is 0 Å². The minimum Gasteiger partial charge on any atom is -0.481 e. The van der Waals surface area contributed by atoms with Crippen molar-refractivity contribution in [3.8, 4) is 0 Å². The Labute approximate surface area is 167 Å². The van der Waals surface area contributed by atoms with Crippen LogP contribution in [0.1, 0.15) is 49.7 Å². The number of carbonyl (C=O) groups excluding carboxylic acids is 1. The highest BCUT2D eigenvalue weighted by Crippen LogP contribution is 2.45. The molecule has 2 fully saturated rings. The topological polar surface area (TPSA) is 63.6 Å². The minimum absolute atomic E-state index is 0.134. The van der Waals surface area contributed by atoms with Crippen LogP contribution in [0.15, 0.2) is 48.6 Å². The Balaban J connectivity index is 1.51. The molecule has 0 aliphatic carbocycles. The second-order valence-electron chi connectivity index (χ2n) is 8.01. The van der Waals surface area contributed by atoms with Gasteiger partial charge in [0, 0.05) is 18.8 Å². The predicted molar refractivity (Wildman–Crippen MR) is 109 cm³/mol. The van der Waals surface area contributed by atoms with E-state index in [1.165, 1.54) is 5.56 Å². The highest BCUT2D eigenvalue weighted by atomic mass is 16.5. The molecule has 2 aliphatic rings. The molecule has 1 aromatic rings. The SMILES string of the molecule is Cc1ccc(CC(=O)/C=C/[C@@H]2[C@@H](C/C=C\CCCC(=O)O)[C@H]3CC[C@@H]2O3)cc1. The van der Waals surface area contributed by atoms with Gasteiger partial charge in [-0.2, -0.15) is 0 Å². The zero-order chi connectivity index (χ0) is 19.9. The fraction of sp³-hybridized carbons (Fsp3) is 0.500. The second-order valence-corrected chi connectivity index (χ2v) is 8.01. The van der Waals surface area contributed by atoms with Gasteiger partial charge >= 0.3 is 5.97 Å². The Bertz CT molecular complexity index is 731. The summed E-state index contributed by atoms with van der Waals surface area (Å²) in [5, 5.41) is 8.68. The van der Waals surface area contributed by atoms with Gasteiger partial charge in [0.2, 0.25) is 0 Å². The lowest BCUT2D eigenvalue weighted by Crippen LogP contribution is -2.25. The minimum atomic E-state index is -0.740. The quantitative estimate of drug-likeness (QED) is 0.363. The van der Waals surface area contributed by atoms with Gasteiger partial charge in [-0.25, -0.2) is 0 Å². The summed E-state index contributed by atoms with van der Waals surface area (Å²) in [7, 11) is 0. The lowest BCUT2D eigenvalue weighted by molar-refractivity contribution is -0.137. The number of aliphatic carboxylic acids is 1. The van der Waals surface area contributed by atoms with Gasteiger partial charge < -0.3 is 9.84 Å². The molecule has 3 rings (SSSR count). The van der Waals surface area contributed by atoms with Crippen molar-refractivity contribution in [1.29, 1.82) is 0 Å². The Morgan fingerprint density at radius 1 is 1.14 bits per heavy atom. The Hall–Kier alpha value is -2.20. The highest BCUT2D eigenvalue weighted by Gasteiger charge is 2.46. The molecule has 28 heavy (non-hydrogen) atoms. The maximum Gasteiger partial charge on any atom is 0.303 e. The van der Waals surface area contributed by atoms with E-state index >= 15 is 0 Å². The molecule has 4 nitrogen and oxygen atoms in total. The number of hydrogen-bond acceptors (Lipinski definition) is 3. The van der Waals surface area contributed by atoms with E-state index in [-0.39, 0.29) is 24.4 Å². The molecule has 1 N–H and O–H groups in total. The van der Waals surface area contributed by atoms with E-state index in [1.54, 1.807) is 6.08 Å². The van der Waals surface area contributed by atoms with Crippen LogP contribution in [-0.4, -0.2) is 29.1 Å². The average Bonchev–Trinajstić information content (AvgIpc) is 3.26. The third kappa shape index (κ3) is 5.65. The van der Waals surface area contributed by atoms with Crippen molar-refractivity contribution in [3.63, 3.8) is 0 Å². The van der Waals surface area contributed by atoms with Gasteiger partial charge in [0.1, 0.15) is 0 Å². The molecule has 2 bridgehead atoms. The molecular formula is C24H30O4. The molecule has 2 saturated heterocycles. The molecule has 0 unspecified atom stereocenters. The van der Waals surface area contributed by atoms with Crippen molar-refractivity contribution in [2.45, 2.75) is 64.1 Å². The molecule has 0 spiro atoms. The first kappa shape index (κ1) is 20.5. The first-order valence-corrected chi connectivity index (χ1v) is 10.3. The molecule has 0 saturated carbocycles. The summed E-state index contributed by atoms with van der Waals surface area (Å²) in [6, 6.07) is 8.10. The number of aryl methyl sites for hydroxylation is 1. The average molecular weight is 383 g/mol. The number of ether oxygens (including phenoxy) is 1. The number of hydrogen-bond donors (Lipinski definition) is 1. The molecule has 4 heteroatoms. The lowest BCUT2D eigenvalue weighted by atomic mass is 9.77. The fourth-order valence-corrected chi connectivity index (χ4v) is 4.31. The van der Waals surface area contributed by atoms with E-state index < -0.39 is 5.97 Å². The zero-order valence-corrected chi connectivity index (χ0v) is 16.5. The molecule has 0 aromatic heterocycles. The van der Waals surface area contributed by atoms with Crippen molar-refractivity contribution in [2.24, 2.45) is 11.8 Å². The molecule has 2 heterocycles. The Kier molecular flexibility index (Phi) is 7.21. The summed E-state index contributed by atoms with van der Waals surface area (Å²) in [6.07, 6.45) is 13.8. The Morgan fingerprint density at radius 3 is 2.64 bits per heavy atom. The number of carboxylic acids is 1. The molecule has 0 radical (unpaired) electrons. The van der Waals surface area contributed by atoms with Crippen LogP contribution >= 0.6 is 0 Å². The van der Waals surface area contributed by atoms with Gasteiger partial charge in [-0.1, -0.05) is 48.1 Å². The summed E-state index contributed by atoms with van der Waals surface area (Å²) < 4.78 is 6.10. The number of unbranched alkanes of at least 4 members (excludes halogenated alkanes) is 1. The van der Waals surface area contributed by atoms with Gasteiger partial charge in [-0.15, -0.1) is 0 Å². The summed E-state index contributed by atoms with van der Waals surface area (Å²) >= 11 is 0. The number of carbonyl (C=O) groups is 2. The first-order chi connectivity index (χ1) is 13.5. The normalized spacial score (nSPS) is 26.5. The van der Waals surface area contributed by atoms with Gasteiger partial charge in [-0.05, 0) is 56.6 Å². The molecule has 150 valence electrons.